The van der Waals surface area contributed by atoms with E-state index in [1.165, 1.54) is 64.5 Å². The molecule has 0 aromatic rings. The van der Waals surface area contributed by atoms with Crippen LogP contribution in [0.3, 0.4) is 0 Å². The number of rotatable bonds is 8. The molecule has 1 saturated carbocycles. The van der Waals surface area contributed by atoms with Crippen LogP contribution in [0.15, 0.2) is 0 Å². The highest BCUT2D eigenvalue weighted by molar-refractivity contribution is 4.84. The minimum Gasteiger partial charge on any atom is -0.327 e. The van der Waals surface area contributed by atoms with Gasteiger partial charge in [0.05, 0.1) is 0 Å². The summed E-state index contributed by atoms with van der Waals surface area (Å²) < 4.78 is 0. The Morgan fingerprint density at radius 1 is 1.11 bits per heavy atom. The van der Waals surface area contributed by atoms with Gasteiger partial charge >= 0.3 is 0 Å². The zero-order valence-electron chi connectivity index (χ0n) is 12.8. The minimum atomic E-state index is 0.451. The van der Waals surface area contributed by atoms with Crippen molar-refractivity contribution in [2.75, 3.05) is 20.1 Å². The van der Waals surface area contributed by atoms with Gasteiger partial charge in [0, 0.05) is 12.6 Å². The molecule has 2 nitrogen and oxygen atoms in total. The molecule has 1 rings (SSSR count). The van der Waals surface area contributed by atoms with Crippen LogP contribution in [0.25, 0.3) is 0 Å². The molecule has 0 aromatic heterocycles. The van der Waals surface area contributed by atoms with Gasteiger partial charge in [-0.25, -0.2) is 0 Å². The Morgan fingerprint density at radius 2 is 1.89 bits per heavy atom. The first kappa shape index (κ1) is 16.0. The van der Waals surface area contributed by atoms with Crippen LogP contribution in [0.1, 0.15) is 65.2 Å². The summed E-state index contributed by atoms with van der Waals surface area (Å²) in [6.07, 6.45) is 10.7. The van der Waals surface area contributed by atoms with Gasteiger partial charge < -0.3 is 10.6 Å². The molecule has 3 atom stereocenters. The van der Waals surface area contributed by atoms with Crippen molar-refractivity contribution in [1.82, 2.24) is 4.90 Å². The Bertz CT molecular complexity index is 205. The standard InChI is InChI=1S/C16H34N2/c1-4-6-7-11-18(3)13-15-12-14(8-5-2)9-10-16(15)17/h14-16H,4-13,17H2,1-3H3. The number of unbranched alkanes of at least 4 members (excludes halogenated alkanes) is 2. The van der Waals surface area contributed by atoms with Crippen molar-refractivity contribution < 1.29 is 0 Å². The highest BCUT2D eigenvalue weighted by Crippen LogP contribution is 2.31. The quantitative estimate of drug-likeness (QED) is 0.670. The molecule has 0 spiro atoms. The van der Waals surface area contributed by atoms with Crippen LogP contribution in [0.4, 0.5) is 0 Å². The molecule has 0 bridgehead atoms. The van der Waals surface area contributed by atoms with Crippen LogP contribution < -0.4 is 5.73 Å². The number of hydrogen-bond donors (Lipinski definition) is 1. The highest BCUT2D eigenvalue weighted by atomic mass is 15.1. The zero-order chi connectivity index (χ0) is 13.4. The largest absolute Gasteiger partial charge is 0.327 e. The van der Waals surface area contributed by atoms with E-state index >= 15 is 0 Å². The van der Waals surface area contributed by atoms with E-state index in [1.54, 1.807) is 0 Å². The molecule has 1 aliphatic rings. The summed E-state index contributed by atoms with van der Waals surface area (Å²) in [5, 5.41) is 0. The monoisotopic (exact) mass is 254 g/mol. The van der Waals surface area contributed by atoms with E-state index in [9.17, 15) is 0 Å². The van der Waals surface area contributed by atoms with Crippen LogP contribution in [0.5, 0.6) is 0 Å². The molecule has 0 saturated heterocycles. The smallest absolute Gasteiger partial charge is 0.00795 e. The van der Waals surface area contributed by atoms with Gasteiger partial charge in [-0.05, 0) is 51.1 Å². The SMILES string of the molecule is CCCCCN(C)CC1CC(CCC)CCC1N. The van der Waals surface area contributed by atoms with Crippen molar-refractivity contribution in [3.8, 4) is 0 Å². The Kier molecular flexibility index (Phi) is 7.92. The molecular formula is C16H34N2. The number of hydrogen-bond acceptors (Lipinski definition) is 2. The summed E-state index contributed by atoms with van der Waals surface area (Å²) >= 11 is 0. The maximum atomic E-state index is 6.31. The first-order chi connectivity index (χ1) is 8.67. The molecule has 0 radical (unpaired) electrons. The topological polar surface area (TPSA) is 29.3 Å². The first-order valence-electron chi connectivity index (χ1n) is 8.11. The fraction of sp³-hybridized carbons (Fsp3) is 1.00. The van der Waals surface area contributed by atoms with Crippen molar-refractivity contribution in [2.45, 2.75) is 71.3 Å². The van der Waals surface area contributed by atoms with Gasteiger partial charge in [0.25, 0.3) is 0 Å². The van der Waals surface area contributed by atoms with Crippen molar-refractivity contribution >= 4 is 0 Å². The van der Waals surface area contributed by atoms with E-state index in [-0.39, 0.29) is 0 Å². The molecule has 18 heavy (non-hydrogen) atoms. The lowest BCUT2D eigenvalue weighted by Gasteiger charge is -2.36. The van der Waals surface area contributed by atoms with Gasteiger partial charge in [0.2, 0.25) is 0 Å². The van der Waals surface area contributed by atoms with Crippen molar-refractivity contribution in [3.05, 3.63) is 0 Å². The molecule has 1 aliphatic carbocycles. The van der Waals surface area contributed by atoms with Crippen LogP contribution in [0, 0.1) is 11.8 Å². The van der Waals surface area contributed by atoms with Crippen molar-refractivity contribution in [2.24, 2.45) is 17.6 Å². The number of nitrogens with zero attached hydrogens (tertiary/aromatic N) is 1. The molecule has 0 aromatic carbocycles. The molecular weight excluding hydrogens is 220 g/mol. The average molecular weight is 254 g/mol. The van der Waals surface area contributed by atoms with E-state index in [0.29, 0.717) is 6.04 Å². The summed E-state index contributed by atoms with van der Waals surface area (Å²) in [7, 11) is 2.27. The van der Waals surface area contributed by atoms with Gasteiger partial charge in [0.15, 0.2) is 0 Å². The Morgan fingerprint density at radius 3 is 2.56 bits per heavy atom. The predicted octanol–water partition coefficient (Wildman–Crippen LogP) is 3.65. The van der Waals surface area contributed by atoms with Gasteiger partial charge in [0.1, 0.15) is 0 Å². The van der Waals surface area contributed by atoms with Gasteiger partial charge in [-0.15, -0.1) is 0 Å². The van der Waals surface area contributed by atoms with Gasteiger partial charge in [-0.1, -0.05) is 39.5 Å². The zero-order valence-corrected chi connectivity index (χ0v) is 12.8. The van der Waals surface area contributed by atoms with E-state index in [2.05, 4.69) is 25.8 Å². The lowest BCUT2D eigenvalue weighted by atomic mass is 9.76. The molecule has 1 fully saturated rings. The minimum absolute atomic E-state index is 0.451. The fourth-order valence-electron chi connectivity index (χ4n) is 3.39. The van der Waals surface area contributed by atoms with Crippen LogP contribution >= 0.6 is 0 Å². The second-order valence-corrected chi connectivity index (χ2v) is 6.36. The molecule has 2 heteroatoms. The van der Waals surface area contributed by atoms with Crippen LogP contribution in [-0.4, -0.2) is 31.1 Å². The van der Waals surface area contributed by atoms with E-state index in [0.717, 1.165) is 11.8 Å². The molecule has 108 valence electrons. The first-order valence-corrected chi connectivity index (χ1v) is 8.11. The number of nitrogens with two attached hydrogens (primary N) is 1. The second-order valence-electron chi connectivity index (χ2n) is 6.36. The third kappa shape index (κ3) is 5.71. The Hall–Kier alpha value is -0.0800. The molecule has 0 heterocycles. The average Bonchev–Trinajstić information content (AvgIpc) is 2.34. The van der Waals surface area contributed by atoms with E-state index in [1.807, 2.05) is 0 Å². The molecule has 0 amide bonds. The normalized spacial score (nSPS) is 28.8. The summed E-state index contributed by atoms with van der Waals surface area (Å²) in [6, 6.07) is 0.451. The molecule has 0 aliphatic heterocycles. The van der Waals surface area contributed by atoms with E-state index in [4.69, 9.17) is 5.73 Å². The summed E-state index contributed by atoms with van der Waals surface area (Å²) in [6.45, 7) is 7.04. The summed E-state index contributed by atoms with van der Waals surface area (Å²) in [4.78, 5) is 2.51. The third-order valence-electron chi connectivity index (χ3n) is 4.54. The predicted molar refractivity (Wildman–Crippen MR) is 80.7 cm³/mol. The van der Waals surface area contributed by atoms with Crippen molar-refractivity contribution in [3.63, 3.8) is 0 Å². The molecule has 2 N–H and O–H groups in total. The Labute approximate surface area is 114 Å². The summed E-state index contributed by atoms with van der Waals surface area (Å²) in [5.74, 6) is 1.69. The Balaban J connectivity index is 2.28. The van der Waals surface area contributed by atoms with Gasteiger partial charge in [-0.2, -0.15) is 0 Å². The van der Waals surface area contributed by atoms with Gasteiger partial charge in [-0.3, -0.25) is 0 Å². The molecule has 3 unspecified atom stereocenters. The third-order valence-corrected chi connectivity index (χ3v) is 4.54. The maximum absolute atomic E-state index is 6.31. The summed E-state index contributed by atoms with van der Waals surface area (Å²) in [5.41, 5.74) is 6.31. The fourth-order valence-corrected chi connectivity index (χ4v) is 3.39. The lowest BCUT2D eigenvalue weighted by molar-refractivity contribution is 0.167. The van der Waals surface area contributed by atoms with Crippen molar-refractivity contribution in [1.29, 1.82) is 0 Å². The van der Waals surface area contributed by atoms with Crippen LogP contribution in [0.2, 0.25) is 0 Å². The lowest BCUT2D eigenvalue weighted by Crippen LogP contribution is -2.42. The van der Waals surface area contributed by atoms with E-state index < -0.39 is 0 Å². The maximum Gasteiger partial charge on any atom is 0.00795 e. The second kappa shape index (κ2) is 8.92. The van der Waals surface area contributed by atoms with Crippen LogP contribution in [-0.2, 0) is 0 Å². The highest BCUT2D eigenvalue weighted by Gasteiger charge is 2.28.